The lowest BCUT2D eigenvalue weighted by Gasteiger charge is -1.93. The number of carbonyl (C=O) groups excluding carboxylic acids is 1. The number of amides is 1. The second-order valence-electron chi connectivity index (χ2n) is 2.38. The fourth-order valence-corrected chi connectivity index (χ4v) is 0.738. The molecule has 0 fully saturated rings. The van der Waals surface area contributed by atoms with E-state index in [0.29, 0.717) is 0 Å². The van der Waals surface area contributed by atoms with Gasteiger partial charge in [0.15, 0.2) is 6.61 Å². The maximum Gasteiger partial charge on any atom is 0.258 e. The molecule has 0 saturated carbocycles. The summed E-state index contributed by atoms with van der Waals surface area (Å²) in [7, 11) is 0. The van der Waals surface area contributed by atoms with Crippen molar-refractivity contribution in [3.63, 3.8) is 0 Å². The number of nitrogens with two attached hydrogens (primary N) is 1. The zero-order valence-electron chi connectivity index (χ0n) is 7.01. The van der Waals surface area contributed by atoms with Gasteiger partial charge in [0, 0.05) is 0 Å². The van der Waals surface area contributed by atoms with Gasteiger partial charge in [-0.1, -0.05) is 35.5 Å². The van der Waals surface area contributed by atoms with E-state index in [1.165, 1.54) is 6.21 Å². The Bertz CT molecular complexity index is 296. The van der Waals surface area contributed by atoms with Crippen LogP contribution in [0.4, 0.5) is 0 Å². The van der Waals surface area contributed by atoms with E-state index in [2.05, 4.69) is 9.99 Å². The molecule has 0 radical (unpaired) electrons. The molecule has 0 unspecified atom stereocenters. The fourth-order valence-electron chi connectivity index (χ4n) is 0.738. The molecule has 4 nitrogen and oxygen atoms in total. The number of oxime groups is 1. The van der Waals surface area contributed by atoms with Crippen molar-refractivity contribution in [3.05, 3.63) is 35.9 Å². The van der Waals surface area contributed by atoms with Crippen LogP contribution in [0.5, 0.6) is 0 Å². The van der Waals surface area contributed by atoms with E-state index in [0.717, 1.165) is 5.56 Å². The summed E-state index contributed by atoms with van der Waals surface area (Å²) in [5, 5.41) is 3.56. The van der Waals surface area contributed by atoms with Crippen molar-refractivity contribution >= 4 is 12.1 Å². The van der Waals surface area contributed by atoms with Gasteiger partial charge in [0.25, 0.3) is 5.91 Å². The summed E-state index contributed by atoms with van der Waals surface area (Å²) in [5.74, 6) is -0.537. The highest BCUT2D eigenvalue weighted by Gasteiger charge is 1.90. The lowest BCUT2D eigenvalue weighted by atomic mass is 10.2. The van der Waals surface area contributed by atoms with Crippen molar-refractivity contribution in [2.24, 2.45) is 10.9 Å². The smallest absolute Gasteiger partial charge is 0.258 e. The van der Waals surface area contributed by atoms with E-state index in [4.69, 9.17) is 5.73 Å². The van der Waals surface area contributed by atoms with Gasteiger partial charge in [0.2, 0.25) is 0 Å². The highest BCUT2D eigenvalue weighted by Crippen LogP contribution is 1.93. The van der Waals surface area contributed by atoms with Gasteiger partial charge in [-0.25, -0.2) is 0 Å². The number of rotatable bonds is 4. The van der Waals surface area contributed by atoms with Crippen molar-refractivity contribution in [1.82, 2.24) is 0 Å². The van der Waals surface area contributed by atoms with Gasteiger partial charge in [0.1, 0.15) is 0 Å². The van der Waals surface area contributed by atoms with Gasteiger partial charge in [-0.15, -0.1) is 0 Å². The van der Waals surface area contributed by atoms with E-state index in [-0.39, 0.29) is 6.61 Å². The summed E-state index contributed by atoms with van der Waals surface area (Å²) in [5.41, 5.74) is 5.74. The standard InChI is InChI=1S/C9H10N2O2/c10-9(12)7-13-11-6-8-4-2-1-3-5-8/h1-6H,7H2,(H2,10,12)/b11-6+. The summed E-state index contributed by atoms with van der Waals surface area (Å²) in [6, 6.07) is 9.42. The normalized spacial score (nSPS) is 10.2. The molecule has 1 amide bonds. The molecule has 1 aromatic carbocycles. The third-order valence-corrected chi connectivity index (χ3v) is 1.28. The summed E-state index contributed by atoms with van der Waals surface area (Å²) in [6.45, 7) is -0.191. The molecule has 4 heteroatoms. The molecule has 0 spiro atoms. The van der Waals surface area contributed by atoms with Crippen LogP contribution < -0.4 is 5.73 Å². The van der Waals surface area contributed by atoms with E-state index >= 15 is 0 Å². The monoisotopic (exact) mass is 178 g/mol. The minimum atomic E-state index is -0.537. The fraction of sp³-hybridized carbons (Fsp3) is 0.111. The highest BCUT2D eigenvalue weighted by atomic mass is 16.6. The van der Waals surface area contributed by atoms with Gasteiger partial charge < -0.3 is 10.6 Å². The minimum Gasteiger partial charge on any atom is -0.386 e. The Labute approximate surface area is 76.0 Å². The summed E-state index contributed by atoms with van der Waals surface area (Å²) < 4.78 is 0. The van der Waals surface area contributed by atoms with Crippen LogP contribution >= 0.6 is 0 Å². The van der Waals surface area contributed by atoms with Crippen LogP contribution in [-0.2, 0) is 9.63 Å². The number of carbonyl (C=O) groups is 1. The lowest BCUT2D eigenvalue weighted by Crippen LogP contribution is -2.16. The van der Waals surface area contributed by atoms with Crippen molar-refractivity contribution in [2.45, 2.75) is 0 Å². The van der Waals surface area contributed by atoms with E-state index in [9.17, 15) is 4.79 Å². The molecule has 0 saturated heterocycles. The first kappa shape index (κ1) is 9.25. The summed E-state index contributed by atoms with van der Waals surface area (Å²) in [4.78, 5) is 14.8. The number of primary amides is 1. The molecule has 1 rings (SSSR count). The Kier molecular flexibility index (Phi) is 3.50. The first-order valence-electron chi connectivity index (χ1n) is 3.78. The molecule has 2 N–H and O–H groups in total. The predicted octanol–water partition coefficient (Wildman–Crippen LogP) is 0.522. The zero-order valence-corrected chi connectivity index (χ0v) is 7.01. The van der Waals surface area contributed by atoms with Crippen molar-refractivity contribution < 1.29 is 9.63 Å². The molecular formula is C9H10N2O2. The van der Waals surface area contributed by atoms with E-state index < -0.39 is 5.91 Å². The van der Waals surface area contributed by atoms with Crippen LogP contribution in [0.2, 0.25) is 0 Å². The third-order valence-electron chi connectivity index (χ3n) is 1.28. The number of hydrogen-bond acceptors (Lipinski definition) is 3. The Hall–Kier alpha value is -1.84. The molecule has 68 valence electrons. The largest absolute Gasteiger partial charge is 0.386 e. The average molecular weight is 178 g/mol. The maximum absolute atomic E-state index is 10.2. The Morgan fingerprint density at radius 1 is 1.46 bits per heavy atom. The molecule has 0 aliphatic carbocycles. The van der Waals surface area contributed by atoms with Crippen LogP contribution in [0.15, 0.2) is 35.5 Å². The van der Waals surface area contributed by atoms with Gasteiger partial charge in [0.05, 0.1) is 6.21 Å². The topological polar surface area (TPSA) is 64.7 Å². The molecule has 0 aliphatic heterocycles. The average Bonchev–Trinajstić information content (AvgIpc) is 2.14. The second kappa shape index (κ2) is 4.92. The molecule has 0 aromatic heterocycles. The van der Waals surface area contributed by atoms with Crippen molar-refractivity contribution in [2.75, 3.05) is 6.61 Å². The van der Waals surface area contributed by atoms with Gasteiger partial charge >= 0.3 is 0 Å². The number of benzene rings is 1. The molecule has 13 heavy (non-hydrogen) atoms. The molecule has 0 bridgehead atoms. The van der Waals surface area contributed by atoms with Crippen molar-refractivity contribution in [1.29, 1.82) is 0 Å². The van der Waals surface area contributed by atoms with Gasteiger partial charge in [-0.05, 0) is 5.56 Å². The Morgan fingerprint density at radius 3 is 2.77 bits per heavy atom. The highest BCUT2D eigenvalue weighted by molar-refractivity contribution is 5.79. The lowest BCUT2D eigenvalue weighted by molar-refractivity contribution is -0.122. The first-order valence-corrected chi connectivity index (χ1v) is 3.78. The molecule has 0 aliphatic rings. The summed E-state index contributed by atoms with van der Waals surface area (Å²) in [6.07, 6.45) is 1.52. The van der Waals surface area contributed by atoms with Crippen LogP contribution in [0.25, 0.3) is 0 Å². The van der Waals surface area contributed by atoms with Crippen LogP contribution in [0.3, 0.4) is 0 Å². The van der Waals surface area contributed by atoms with Gasteiger partial charge in [-0.2, -0.15) is 0 Å². The molecule has 0 atom stereocenters. The second-order valence-corrected chi connectivity index (χ2v) is 2.38. The minimum absolute atomic E-state index is 0.191. The van der Waals surface area contributed by atoms with Crippen molar-refractivity contribution in [3.8, 4) is 0 Å². The number of nitrogens with zero attached hydrogens (tertiary/aromatic N) is 1. The quantitative estimate of drug-likeness (QED) is 0.539. The molecule has 1 aromatic rings. The van der Waals surface area contributed by atoms with E-state index in [1.807, 2.05) is 30.3 Å². The SMILES string of the molecule is NC(=O)CO/N=C/c1ccccc1. The number of hydrogen-bond donors (Lipinski definition) is 1. The summed E-state index contributed by atoms with van der Waals surface area (Å²) >= 11 is 0. The van der Waals surface area contributed by atoms with Gasteiger partial charge in [-0.3, -0.25) is 4.79 Å². The molecule has 0 heterocycles. The van der Waals surface area contributed by atoms with Crippen LogP contribution in [-0.4, -0.2) is 18.7 Å². The van der Waals surface area contributed by atoms with Crippen LogP contribution in [0.1, 0.15) is 5.56 Å². The predicted molar refractivity (Wildman–Crippen MR) is 49.2 cm³/mol. The Morgan fingerprint density at radius 2 is 2.15 bits per heavy atom. The van der Waals surface area contributed by atoms with Crippen LogP contribution in [0, 0.1) is 0 Å². The first-order chi connectivity index (χ1) is 6.29. The third kappa shape index (κ3) is 3.91. The molecular weight excluding hydrogens is 168 g/mol. The maximum atomic E-state index is 10.2. The Balaban J connectivity index is 2.37. The zero-order chi connectivity index (χ0) is 9.52. The van der Waals surface area contributed by atoms with E-state index in [1.54, 1.807) is 0 Å².